The number of H-pyrrole nitrogens is 1. The van der Waals surface area contributed by atoms with Gasteiger partial charge in [-0.2, -0.15) is 8.62 Å². The van der Waals surface area contributed by atoms with Gasteiger partial charge in [-0.05, 0) is 118 Å². The molecule has 6 aliphatic heterocycles. The molecule has 1 fully saturated rings. The van der Waals surface area contributed by atoms with Gasteiger partial charge in [0.05, 0.1) is 70.0 Å². The number of ether oxygens (including phenoxy) is 7. The minimum Gasteiger partial charge on any atom is -0.478 e. The number of carboxylic acid groups (broad SMARTS) is 1. The first-order chi connectivity index (χ1) is 51.7. The minimum absolute atomic E-state index is 0.0511. The fourth-order valence-electron chi connectivity index (χ4n) is 14.5. The number of carbonyl (C=O) groups is 4. The summed E-state index contributed by atoms with van der Waals surface area (Å²) in [5.41, 5.74) is 6.05. The second-order valence-electron chi connectivity index (χ2n) is 29.2. The van der Waals surface area contributed by atoms with Crippen molar-refractivity contribution in [1.29, 1.82) is 0 Å². The molecule has 2 unspecified atom stereocenters. The minimum atomic E-state index is -5.81. The number of carbonyl (C=O) groups excluding carboxylic acids is 3. The first kappa shape index (κ1) is 85.9. The number of fused-ring (bicyclic) bond motifs is 4. The molecule has 9 N–H and O–H groups in total. The van der Waals surface area contributed by atoms with Crippen molar-refractivity contribution < 1.29 is 104 Å². The molecule has 31 nitrogen and oxygen atoms in total. The summed E-state index contributed by atoms with van der Waals surface area (Å²) < 4.78 is 93.0. The average Bonchev–Trinajstić information content (AvgIpc) is 0.828. The Morgan fingerprint density at radius 2 is 1.48 bits per heavy atom. The van der Waals surface area contributed by atoms with Crippen LogP contribution in [0, 0.1) is 22.7 Å². The van der Waals surface area contributed by atoms with Crippen LogP contribution in [0.25, 0.3) is 5.57 Å². The van der Waals surface area contributed by atoms with Crippen molar-refractivity contribution >= 4 is 102 Å². The number of phosphoric acid groups is 3. The number of hydrogen-bond donors (Lipinski definition) is 9. The summed E-state index contributed by atoms with van der Waals surface area (Å²) in [4.78, 5) is 120. The van der Waals surface area contributed by atoms with Crippen LogP contribution >= 0.6 is 66.6 Å². The van der Waals surface area contributed by atoms with E-state index < -0.39 is 77.2 Å². The van der Waals surface area contributed by atoms with Crippen LogP contribution in [-0.4, -0.2) is 185 Å². The second-order valence-corrected chi connectivity index (χ2v) is 39.3. The zero-order chi connectivity index (χ0) is 78.5. The number of carboxylic acids is 1. The number of aromatic amines is 1. The third-order valence-electron chi connectivity index (χ3n) is 18.7. The van der Waals surface area contributed by atoms with E-state index in [1.807, 2.05) is 20.8 Å². The standard InChI is InChI=1S/C71H96N7O24P3S4/c1-8-106-107-44-97-55-37-58(99-56(55)39-98-104(89,90)102-105(91,92)101-103(86,87)88)78-38-48(65(81)75-67(78)84)14-9-23-74-68(85)96-42-70(4,5)40-69(2,3)41-95-43-108-109-71(6,7)22-21-57(79)72-24-30-93-32-33-94-31-25-73-64(80)47-19-20-49(66(82)83)52(36-47)59-53-34-45-15-10-26-76-28-12-17-50(60(45)76)62(53)100-63-51-18-13-29-77-27-11-16-46(61(51)77)35-54(59)63/h19-20,34-36,38,55-56,58H,8,10-13,15-18,21-33,37,39-44H2,1-7H3,(H8-,72,73,74,75,79,80,81,82,83,84,85,86,87,88,89,90,91,92)/p+1/t55-,56-,58-/m1/s1. The average molecular weight is 1650 g/mol. The topological polar surface area (TPSA) is 410 Å². The molecule has 1 saturated heterocycles. The van der Waals surface area contributed by atoms with Crippen molar-refractivity contribution in [2.75, 3.05) is 115 Å². The lowest BCUT2D eigenvalue weighted by atomic mass is 9.76. The Bertz CT molecular complexity index is 4500. The second kappa shape index (κ2) is 38.1. The predicted octanol–water partition coefficient (Wildman–Crippen LogP) is 8.06. The van der Waals surface area contributed by atoms with Crippen LogP contribution in [0.1, 0.15) is 166 Å². The number of aromatic carboxylic acids is 1. The smallest absolute Gasteiger partial charge is 0.478 e. The Morgan fingerprint density at radius 3 is 2.21 bits per heavy atom. The third-order valence-corrected chi connectivity index (χ3v) is 27.7. The Kier molecular flexibility index (Phi) is 30.0. The molecular formula is C71H97N7O24P3S4+. The van der Waals surface area contributed by atoms with Crippen molar-refractivity contribution in [1.82, 2.24) is 30.1 Å². The first-order valence-corrected chi connectivity index (χ1v) is 45.5. The molecule has 7 heterocycles. The van der Waals surface area contributed by atoms with E-state index in [1.165, 1.54) is 54.9 Å². The van der Waals surface area contributed by atoms with Gasteiger partial charge in [-0.15, -0.1) is 0 Å². The molecule has 1 aromatic heterocycles. The van der Waals surface area contributed by atoms with E-state index in [9.17, 15) is 57.4 Å². The van der Waals surface area contributed by atoms with Crippen LogP contribution in [0.3, 0.4) is 0 Å². The zero-order valence-corrected chi connectivity index (χ0v) is 68.0. The van der Waals surface area contributed by atoms with Crippen LogP contribution in [0.4, 0.5) is 10.5 Å². The molecule has 4 aromatic rings. The lowest BCUT2D eigenvalue weighted by molar-refractivity contribution is -0.121. The van der Waals surface area contributed by atoms with Gasteiger partial charge in [-0.1, -0.05) is 89.6 Å². The summed E-state index contributed by atoms with van der Waals surface area (Å²) >= 11 is 0. The molecule has 109 heavy (non-hydrogen) atoms. The highest BCUT2D eigenvalue weighted by molar-refractivity contribution is 8.77. The van der Waals surface area contributed by atoms with Gasteiger partial charge >= 0.3 is 41.2 Å². The molecule has 0 aliphatic carbocycles. The summed E-state index contributed by atoms with van der Waals surface area (Å²) in [5.74, 6) is 6.58. The third kappa shape index (κ3) is 24.0. The molecule has 0 spiro atoms. The summed E-state index contributed by atoms with van der Waals surface area (Å²) in [6, 6.07) is 9.32. The van der Waals surface area contributed by atoms with Gasteiger partial charge in [-0.3, -0.25) is 28.5 Å². The van der Waals surface area contributed by atoms with Crippen molar-refractivity contribution in [3.8, 4) is 23.3 Å². The number of aryl methyl sites for hydroxylation is 2. The number of nitrogens with zero attached hydrogens (tertiary/aromatic N) is 3. The number of rotatable bonds is 39. The Hall–Kier alpha value is -5.54. The van der Waals surface area contributed by atoms with Gasteiger partial charge < -0.3 is 78.7 Å². The van der Waals surface area contributed by atoms with Gasteiger partial charge in [0.2, 0.25) is 11.3 Å². The Morgan fingerprint density at radius 1 is 0.771 bits per heavy atom. The van der Waals surface area contributed by atoms with E-state index in [1.54, 1.807) is 39.8 Å². The maximum atomic E-state index is 13.9. The fourth-order valence-corrected chi connectivity index (χ4v) is 21.2. The maximum absolute atomic E-state index is 13.9. The number of aromatic nitrogens is 2. The normalized spacial score (nSPS) is 18.5. The van der Waals surface area contributed by atoms with Crippen molar-refractivity contribution in [2.45, 2.75) is 149 Å². The van der Waals surface area contributed by atoms with Gasteiger partial charge in [0.15, 0.2) is 0 Å². The van der Waals surface area contributed by atoms with Gasteiger partial charge in [-0.25, -0.2) is 32.7 Å². The van der Waals surface area contributed by atoms with Crippen LogP contribution in [0.15, 0.2) is 46.1 Å². The highest BCUT2D eigenvalue weighted by Crippen LogP contribution is 2.66. The number of amides is 3. The number of nitrogens with one attached hydrogen (secondary N) is 4. The largest absolute Gasteiger partial charge is 0.490 e. The van der Waals surface area contributed by atoms with Gasteiger partial charge in [0, 0.05) is 107 Å². The molecule has 10 rings (SSSR count). The molecular weight excluding hydrogens is 1560 g/mol. The van der Waals surface area contributed by atoms with E-state index in [4.69, 9.17) is 47.5 Å². The van der Waals surface area contributed by atoms with E-state index in [2.05, 4.69) is 90.7 Å². The molecule has 0 radical (unpaired) electrons. The van der Waals surface area contributed by atoms with Gasteiger partial charge in [0.1, 0.15) is 54.4 Å². The molecule has 0 bridgehead atoms. The number of phosphoric ester groups is 1. The Balaban J connectivity index is 0.592. The molecule has 5 atom stereocenters. The summed E-state index contributed by atoms with van der Waals surface area (Å²) in [6.07, 6.45) is 6.17. The zero-order valence-electron chi connectivity index (χ0n) is 62.0. The number of benzene rings is 3. The molecule has 3 amide bonds. The van der Waals surface area contributed by atoms with E-state index >= 15 is 0 Å². The quantitative estimate of drug-likeness (QED) is 0.00448. The molecule has 0 saturated carbocycles. The lowest BCUT2D eigenvalue weighted by Crippen LogP contribution is -2.45. The number of hydrogen-bond acceptors (Lipinski definition) is 24. The molecule has 6 aliphatic rings. The van der Waals surface area contributed by atoms with Crippen molar-refractivity contribution in [3.05, 3.63) is 118 Å². The number of anilines is 1. The monoisotopic (exact) mass is 1650 g/mol. The van der Waals surface area contributed by atoms with E-state index in [0.29, 0.717) is 49.5 Å². The van der Waals surface area contributed by atoms with Crippen molar-refractivity contribution in [2.24, 2.45) is 10.8 Å². The highest BCUT2D eigenvalue weighted by Gasteiger charge is 2.45. The molecule has 598 valence electrons. The highest BCUT2D eigenvalue weighted by atomic mass is 33.1. The Labute approximate surface area is 647 Å². The van der Waals surface area contributed by atoms with Crippen molar-refractivity contribution in [3.63, 3.8) is 0 Å². The van der Waals surface area contributed by atoms with Crippen LogP contribution < -0.4 is 52.0 Å². The predicted molar refractivity (Wildman–Crippen MR) is 414 cm³/mol. The summed E-state index contributed by atoms with van der Waals surface area (Å²) in [5, 5.41) is 21.4. The molecule has 3 aromatic carbocycles. The maximum Gasteiger partial charge on any atom is 0.490 e. The first-order valence-electron chi connectivity index (χ1n) is 36.1. The van der Waals surface area contributed by atoms with E-state index in [-0.39, 0.29) is 91.6 Å². The summed E-state index contributed by atoms with van der Waals surface area (Å²) in [7, 11) is -11.0. The summed E-state index contributed by atoms with van der Waals surface area (Å²) in [6.45, 7) is 19.1. The molecule has 38 heteroatoms. The van der Waals surface area contributed by atoms with Crippen LogP contribution in [0.2, 0.25) is 0 Å². The SMILES string of the molecule is CCSSCO[C@@H]1C[C@H](n2cc(C#CCNC(=O)OCC(C)(C)CC(C)(C)COCSSC(C)(C)CCC(=O)NCCOCCOCCNC(=O)c3ccc(C(=O)O)c(C4=c5cc6c7c(c5Oc5c4cc4c8c5CCCN8CCC4)CCC[N+]=7CCC6)c3)c(=O)[nH]c2=O)O[C@@H]1COP(=O)(O)OP(=O)(O)OP(=O)(O)O. The van der Waals surface area contributed by atoms with Crippen LogP contribution in [0.5, 0.6) is 11.5 Å². The van der Waals surface area contributed by atoms with Gasteiger partial charge in [0.25, 0.3) is 11.5 Å². The number of alkyl carbamates (subject to hydrolysis) is 1. The van der Waals surface area contributed by atoms with Crippen LogP contribution in [-0.2, 0) is 85.7 Å². The fraction of sp³-hybridized carbons (Fsp3) is 0.592. The van der Waals surface area contributed by atoms with E-state index in [0.717, 1.165) is 122 Å². The lowest BCUT2D eigenvalue weighted by Gasteiger charge is -2.39.